The number of carbonyl (C=O) groups excluding carboxylic acids is 1. The zero-order valence-corrected chi connectivity index (χ0v) is 11.8. The fourth-order valence-electron chi connectivity index (χ4n) is 1.93. The molecule has 1 atom stereocenters. The van der Waals surface area contributed by atoms with Crippen molar-refractivity contribution in [1.82, 2.24) is 20.3 Å². The Morgan fingerprint density at radius 3 is 3.10 bits per heavy atom. The average molecular weight is 282 g/mol. The zero-order valence-electron chi connectivity index (χ0n) is 11.8. The van der Waals surface area contributed by atoms with E-state index in [-0.39, 0.29) is 12.6 Å². The molecule has 20 heavy (non-hydrogen) atoms. The molecule has 1 fully saturated rings. The van der Waals surface area contributed by atoms with Crippen LogP contribution in [0.2, 0.25) is 0 Å². The molecule has 1 aliphatic rings. The lowest BCUT2D eigenvalue weighted by atomic mass is 10.2. The molecule has 1 aromatic heterocycles. The molecule has 0 radical (unpaired) electrons. The van der Waals surface area contributed by atoms with E-state index < -0.39 is 6.04 Å². The topological polar surface area (TPSA) is 89.3 Å². The molecule has 112 valence electrons. The summed E-state index contributed by atoms with van der Waals surface area (Å²) in [6.45, 7) is 3.62. The second-order valence-electron chi connectivity index (χ2n) is 5.02. The summed E-state index contributed by atoms with van der Waals surface area (Å²) in [4.78, 5) is 12.0. The Bertz CT molecular complexity index is 431. The van der Waals surface area contributed by atoms with Gasteiger partial charge >= 0.3 is 5.97 Å². The van der Waals surface area contributed by atoms with Gasteiger partial charge in [0, 0.05) is 13.2 Å². The molecule has 0 saturated heterocycles. The smallest absolute Gasteiger partial charge is 0.329 e. The minimum absolute atomic E-state index is 0.108. The van der Waals surface area contributed by atoms with E-state index in [2.05, 4.69) is 15.6 Å². The standard InChI is InChI=1S/C13H22N4O3/c1-2-20-13(19)12(14-8-10-4-5-10)11-9-17(16-15-11)6-3-7-18/h9-10,12,14,18H,2-8H2,1H3. The number of rotatable bonds is 9. The number of nitrogens with zero attached hydrogens (tertiary/aromatic N) is 3. The number of esters is 1. The quantitative estimate of drug-likeness (QED) is 0.632. The maximum Gasteiger partial charge on any atom is 0.329 e. The van der Waals surface area contributed by atoms with E-state index in [1.165, 1.54) is 12.8 Å². The molecule has 0 aliphatic heterocycles. The van der Waals surface area contributed by atoms with Crippen LogP contribution in [0.4, 0.5) is 0 Å². The van der Waals surface area contributed by atoms with Crippen molar-refractivity contribution in [3.05, 3.63) is 11.9 Å². The average Bonchev–Trinajstić information content (AvgIpc) is 3.15. The van der Waals surface area contributed by atoms with E-state index in [0.717, 1.165) is 6.54 Å². The Morgan fingerprint density at radius 1 is 1.65 bits per heavy atom. The van der Waals surface area contributed by atoms with Gasteiger partial charge in [-0.05, 0) is 38.6 Å². The first-order valence-corrected chi connectivity index (χ1v) is 7.15. The Balaban J connectivity index is 1.99. The third-order valence-corrected chi connectivity index (χ3v) is 3.23. The molecular weight excluding hydrogens is 260 g/mol. The van der Waals surface area contributed by atoms with E-state index in [0.29, 0.717) is 31.2 Å². The summed E-state index contributed by atoms with van der Waals surface area (Å²) in [5, 5.41) is 20.0. The highest BCUT2D eigenvalue weighted by Crippen LogP contribution is 2.28. The first-order valence-electron chi connectivity index (χ1n) is 7.15. The molecule has 7 heteroatoms. The van der Waals surface area contributed by atoms with Gasteiger partial charge in [0.15, 0.2) is 6.04 Å². The molecule has 1 aromatic rings. The Labute approximate surface area is 118 Å². The van der Waals surface area contributed by atoms with Gasteiger partial charge in [0.1, 0.15) is 5.69 Å². The molecule has 0 aromatic carbocycles. The van der Waals surface area contributed by atoms with Crippen molar-refractivity contribution in [2.45, 2.75) is 38.8 Å². The molecule has 1 unspecified atom stereocenters. The molecule has 1 saturated carbocycles. The molecular formula is C13H22N4O3. The maximum absolute atomic E-state index is 12.0. The van der Waals surface area contributed by atoms with E-state index in [9.17, 15) is 4.79 Å². The fourth-order valence-corrected chi connectivity index (χ4v) is 1.93. The number of aryl methyl sites for hydroxylation is 1. The molecule has 1 heterocycles. The van der Waals surface area contributed by atoms with Crippen LogP contribution in [0.15, 0.2) is 6.20 Å². The minimum atomic E-state index is -0.557. The number of aliphatic hydroxyl groups is 1. The third kappa shape index (κ3) is 4.28. The summed E-state index contributed by atoms with van der Waals surface area (Å²) in [6.07, 6.45) is 4.77. The normalized spacial score (nSPS) is 16.1. The highest BCUT2D eigenvalue weighted by atomic mass is 16.5. The first-order chi connectivity index (χ1) is 9.74. The number of carbonyl (C=O) groups is 1. The Morgan fingerprint density at radius 2 is 2.45 bits per heavy atom. The van der Waals surface area contributed by atoms with Crippen LogP contribution in [0.25, 0.3) is 0 Å². The summed E-state index contributed by atoms with van der Waals surface area (Å²) in [7, 11) is 0. The summed E-state index contributed by atoms with van der Waals surface area (Å²) >= 11 is 0. The van der Waals surface area contributed by atoms with Crippen molar-refractivity contribution in [1.29, 1.82) is 0 Å². The van der Waals surface area contributed by atoms with Crippen molar-refractivity contribution < 1.29 is 14.6 Å². The van der Waals surface area contributed by atoms with Crippen molar-refractivity contribution in [3.63, 3.8) is 0 Å². The van der Waals surface area contributed by atoms with Gasteiger partial charge in [-0.3, -0.25) is 10.00 Å². The van der Waals surface area contributed by atoms with Gasteiger partial charge in [0.2, 0.25) is 0 Å². The predicted molar refractivity (Wildman–Crippen MR) is 71.8 cm³/mol. The highest BCUT2D eigenvalue weighted by Gasteiger charge is 2.28. The number of aliphatic hydroxyl groups excluding tert-OH is 1. The van der Waals surface area contributed by atoms with Crippen LogP contribution < -0.4 is 5.32 Å². The molecule has 7 nitrogen and oxygen atoms in total. The molecule has 1 aliphatic carbocycles. The minimum Gasteiger partial charge on any atom is -0.465 e. The van der Waals surface area contributed by atoms with Gasteiger partial charge in [0.25, 0.3) is 0 Å². The number of ether oxygens (including phenoxy) is 1. The van der Waals surface area contributed by atoms with E-state index in [1.807, 2.05) is 0 Å². The van der Waals surface area contributed by atoms with Gasteiger partial charge in [-0.1, -0.05) is 5.21 Å². The summed E-state index contributed by atoms with van der Waals surface area (Å²) < 4.78 is 6.72. The predicted octanol–water partition coefficient (Wildman–Crippen LogP) is 0.264. The lowest BCUT2D eigenvalue weighted by Gasteiger charge is -2.14. The monoisotopic (exact) mass is 282 g/mol. The van der Waals surface area contributed by atoms with E-state index in [4.69, 9.17) is 9.84 Å². The van der Waals surface area contributed by atoms with E-state index >= 15 is 0 Å². The molecule has 0 spiro atoms. The van der Waals surface area contributed by atoms with Crippen LogP contribution in [0.1, 0.15) is 37.9 Å². The molecule has 0 bridgehead atoms. The van der Waals surface area contributed by atoms with Crippen molar-refractivity contribution in [3.8, 4) is 0 Å². The van der Waals surface area contributed by atoms with Crippen LogP contribution >= 0.6 is 0 Å². The number of nitrogens with one attached hydrogen (secondary N) is 1. The lowest BCUT2D eigenvalue weighted by Crippen LogP contribution is -2.32. The lowest BCUT2D eigenvalue weighted by molar-refractivity contribution is -0.146. The maximum atomic E-state index is 12.0. The van der Waals surface area contributed by atoms with Crippen LogP contribution in [-0.4, -0.2) is 45.8 Å². The van der Waals surface area contributed by atoms with Crippen molar-refractivity contribution in [2.75, 3.05) is 19.8 Å². The molecule has 2 rings (SSSR count). The largest absolute Gasteiger partial charge is 0.465 e. The van der Waals surface area contributed by atoms with Crippen molar-refractivity contribution in [2.24, 2.45) is 5.92 Å². The van der Waals surface area contributed by atoms with Gasteiger partial charge in [-0.25, -0.2) is 4.79 Å². The Kier molecular flexibility index (Phi) is 5.49. The zero-order chi connectivity index (χ0) is 14.4. The molecule has 0 amide bonds. The SMILES string of the molecule is CCOC(=O)C(NCC1CC1)c1cn(CCCO)nn1. The van der Waals surface area contributed by atoms with Gasteiger partial charge in [-0.2, -0.15) is 0 Å². The molecule has 2 N–H and O–H groups in total. The number of hydrogen-bond donors (Lipinski definition) is 2. The van der Waals surface area contributed by atoms with E-state index in [1.54, 1.807) is 17.8 Å². The second-order valence-corrected chi connectivity index (χ2v) is 5.02. The summed E-state index contributed by atoms with van der Waals surface area (Å²) in [5.74, 6) is 0.346. The first kappa shape index (κ1) is 14.9. The van der Waals surface area contributed by atoms with Crippen molar-refractivity contribution >= 4 is 5.97 Å². The summed E-state index contributed by atoms with van der Waals surface area (Å²) in [5.41, 5.74) is 0.571. The van der Waals surface area contributed by atoms with Crippen LogP contribution in [0.5, 0.6) is 0 Å². The van der Waals surface area contributed by atoms with Gasteiger partial charge < -0.3 is 9.84 Å². The second kappa shape index (κ2) is 7.35. The van der Waals surface area contributed by atoms with Gasteiger partial charge in [-0.15, -0.1) is 5.10 Å². The Hall–Kier alpha value is -1.47. The third-order valence-electron chi connectivity index (χ3n) is 3.23. The summed E-state index contributed by atoms with van der Waals surface area (Å²) in [6, 6.07) is -0.557. The number of aromatic nitrogens is 3. The van der Waals surface area contributed by atoms with Gasteiger partial charge in [0.05, 0.1) is 12.8 Å². The van der Waals surface area contributed by atoms with Crippen LogP contribution in [0.3, 0.4) is 0 Å². The number of hydrogen-bond acceptors (Lipinski definition) is 6. The fraction of sp³-hybridized carbons (Fsp3) is 0.769. The highest BCUT2D eigenvalue weighted by molar-refractivity contribution is 5.76. The van der Waals surface area contributed by atoms with Crippen LogP contribution in [-0.2, 0) is 16.1 Å². The van der Waals surface area contributed by atoms with Crippen LogP contribution in [0, 0.1) is 5.92 Å².